The van der Waals surface area contributed by atoms with Crippen LogP contribution >= 0.6 is 28.3 Å². The second kappa shape index (κ2) is 9.72. The molecule has 0 spiro atoms. The van der Waals surface area contributed by atoms with Crippen LogP contribution in [0.5, 0.6) is 5.75 Å². The standard InChI is InChI=1S/C21H22BrN3O.ClH/c1-4-25(5-2)21-17-7-6-8-18(26-3)20(17)23-19(24-21)14-11-15-9-12-16(22)13-10-15;/h6-14H,4-5H2,1-3H3;1H/b14-11+;. The fraction of sp³-hybridized carbons (Fsp3) is 0.238. The minimum absolute atomic E-state index is 0. The monoisotopic (exact) mass is 447 g/mol. The molecule has 0 aliphatic rings. The second-order valence-corrected chi connectivity index (χ2v) is 6.73. The molecule has 0 atom stereocenters. The van der Waals surface area contributed by atoms with Gasteiger partial charge in [0.05, 0.1) is 7.11 Å². The molecular formula is C21H23BrClN3O. The van der Waals surface area contributed by atoms with Crippen LogP contribution in [0.25, 0.3) is 23.1 Å². The molecular weight excluding hydrogens is 426 g/mol. The van der Waals surface area contributed by atoms with Crippen LogP contribution in [0, 0.1) is 0 Å². The van der Waals surface area contributed by atoms with Crippen LogP contribution in [-0.4, -0.2) is 30.2 Å². The van der Waals surface area contributed by atoms with Gasteiger partial charge in [-0.05, 0) is 49.8 Å². The summed E-state index contributed by atoms with van der Waals surface area (Å²) in [5, 5.41) is 1.01. The number of aromatic nitrogens is 2. The third-order valence-corrected chi connectivity index (χ3v) is 4.79. The van der Waals surface area contributed by atoms with Crippen molar-refractivity contribution < 1.29 is 4.74 Å². The maximum atomic E-state index is 5.52. The van der Waals surface area contributed by atoms with Crippen molar-refractivity contribution >= 4 is 57.2 Å². The fourth-order valence-corrected chi connectivity index (χ4v) is 3.14. The van der Waals surface area contributed by atoms with Gasteiger partial charge in [0.25, 0.3) is 0 Å². The van der Waals surface area contributed by atoms with Crippen molar-refractivity contribution in [3.63, 3.8) is 0 Å². The maximum Gasteiger partial charge on any atom is 0.155 e. The van der Waals surface area contributed by atoms with E-state index < -0.39 is 0 Å². The van der Waals surface area contributed by atoms with Crippen LogP contribution in [0.4, 0.5) is 5.82 Å². The topological polar surface area (TPSA) is 38.2 Å². The van der Waals surface area contributed by atoms with E-state index in [1.807, 2.05) is 54.6 Å². The molecule has 6 heteroatoms. The molecule has 27 heavy (non-hydrogen) atoms. The van der Waals surface area contributed by atoms with Crippen LogP contribution in [0.3, 0.4) is 0 Å². The molecule has 0 saturated carbocycles. The van der Waals surface area contributed by atoms with E-state index in [1.165, 1.54) is 0 Å². The number of fused-ring (bicyclic) bond motifs is 1. The van der Waals surface area contributed by atoms with Gasteiger partial charge in [-0.1, -0.05) is 40.2 Å². The summed E-state index contributed by atoms with van der Waals surface area (Å²) in [6.45, 7) is 6.04. The molecule has 1 aromatic heterocycles. The summed E-state index contributed by atoms with van der Waals surface area (Å²) in [6, 6.07) is 14.1. The summed E-state index contributed by atoms with van der Waals surface area (Å²) in [6.07, 6.45) is 3.97. The summed E-state index contributed by atoms with van der Waals surface area (Å²) in [5.74, 6) is 2.37. The van der Waals surface area contributed by atoms with Gasteiger partial charge in [0.15, 0.2) is 5.82 Å². The zero-order chi connectivity index (χ0) is 18.5. The highest BCUT2D eigenvalue weighted by atomic mass is 79.9. The third kappa shape index (κ3) is 4.79. The second-order valence-electron chi connectivity index (χ2n) is 5.82. The Balaban J connectivity index is 0.00000261. The van der Waals surface area contributed by atoms with Crippen LogP contribution in [0.2, 0.25) is 0 Å². The molecule has 2 aromatic carbocycles. The van der Waals surface area contributed by atoms with Gasteiger partial charge in [0.1, 0.15) is 17.1 Å². The molecule has 4 nitrogen and oxygen atoms in total. The van der Waals surface area contributed by atoms with Crippen molar-refractivity contribution in [2.24, 2.45) is 0 Å². The lowest BCUT2D eigenvalue weighted by molar-refractivity contribution is 0.419. The quantitative estimate of drug-likeness (QED) is 0.475. The third-order valence-electron chi connectivity index (χ3n) is 4.26. The first-order valence-electron chi connectivity index (χ1n) is 8.69. The smallest absolute Gasteiger partial charge is 0.155 e. The van der Waals surface area contributed by atoms with Crippen molar-refractivity contribution in [3.05, 3.63) is 58.3 Å². The van der Waals surface area contributed by atoms with E-state index in [1.54, 1.807) is 7.11 Å². The first-order chi connectivity index (χ1) is 12.7. The lowest BCUT2D eigenvalue weighted by Crippen LogP contribution is -2.23. The molecule has 0 N–H and O–H groups in total. The Morgan fingerprint density at radius 2 is 1.70 bits per heavy atom. The Morgan fingerprint density at radius 3 is 2.33 bits per heavy atom. The van der Waals surface area contributed by atoms with Gasteiger partial charge >= 0.3 is 0 Å². The largest absolute Gasteiger partial charge is 0.494 e. The number of anilines is 1. The van der Waals surface area contributed by atoms with E-state index in [9.17, 15) is 0 Å². The number of methoxy groups -OCH3 is 1. The Labute approximate surface area is 174 Å². The lowest BCUT2D eigenvalue weighted by atomic mass is 10.2. The minimum Gasteiger partial charge on any atom is -0.494 e. The number of hydrogen-bond acceptors (Lipinski definition) is 4. The molecule has 3 rings (SSSR count). The molecule has 0 unspecified atom stereocenters. The molecule has 0 aliphatic carbocycles. The summed E-state index contributed by atoms with van der Waals surface area (Å²) in [7, 11) is 1.67. The van der Waals surface area contributed by atoms with Crippen LogP contribution in [-0.2, 0) is 0 Å². The van der Waals surface area contributed by atoms with E-state index in [0.29, 0.717) is 5.82 Å². The highest BCUT2D eigenvalue weighted by molar-refractivity contribution is 9.10. The average molecular weight is 449 g/mol. The predicted octanol–water partition coefficient (Wildman–Crippen LogP) is 5.84. The van der Waals surface area contributed by atoms with Crippen LogP contribution in [0.15, 0.2) is 46.9 Å². The number of benzene rings is 2. The predicted molar refractivity (Wildman–Crippen MR) is 120 cm³/mol. The van der Waals surface area contributed by atoms with Gasteiger partial charge in [-0.2, -0.15) is 0 Å². The Bertz CT molecular complexity index is 925. The molecule has 3 aromatic rings. The van der Waals surface area contributed by atoms with Gasteiger partial charge in [0.2, 0.25) is 0 Å². The summed E-state index contributed by atoms with van der Waals surface area (Å²) in [5.41, 5.74) is 1.93. The maximum absolute atomic E-state index is 5.52. The Kier molecular flexibility index (Phi) is 7.63. The Hall–Kier alpha value is -2.11. The number of para-hydroxylation sites is 1. The normalized spacial score (nSPS) is 10.8. The lowest BCUT2D eigenvalue weighted by Gasteiger charge is -2.22. The van der Waals surface area contributed by atoms with Crippen molar-refractivity contribution in [3.8, 4) is 5.75 Å². The first-order valence-corrected chi connectivity index (χ1v) is 9.49. The summed E-state index contributed by atoms with van der Waals surface area (Å²) < 4.78 is 6.58. The van der Waals surface area contributed by atoms with Gasteiger partial charge < -0.3 is 9.64 Å². The molecule has 0 fully saturated rings. The van der Waals surface area contributed by atoms with Crippen molar-refractivity contribution in [1.29, 1.82) is 0 Å². The molecule has 142 valence electrons. The van der Waals surface area contributed by atoms with Crippen LogP contribution in [0.1, 0.15) is 25.2 Å². The van der Waals surface area contributed by atoms with Gasteiger partial charge in [0, 0.05) is 22.9 Å². The zero-order valence-electron chi connectivity index (χ0n) is 15.6. The van der Waals surface area contributed by atoms with Crippen molar-refractivity contribution in [2.75, 3.05) is 25.1 Å². The highest BCUT2D eigenvalue weighted by Crippen LogP contribution is 2.30. The molecule has 0 radical (unpaired) electrons. The molecule has 0 saturated heterocycles. The minimum atomic E-state index is 0. The van der Waals surface area contributed by atoms with Gasteiger partial charge in [-0.3, -0.25) is 0 Å². The molecule has 1 heterocycles. The van der Waals surface area contributed by atoms with E-state index in [-0.39, 0.29) is 12.4 Å². The van der Waals surface area contributed by atoms with Crippen molar-refractivity contribution in [2.45, 2.75) is 13.8 Å². The van der Waals surface area contributed by atoms with E-state index >= 15 is 0 Å². The number of rotatable bonds is 6. The van der Waals surface area contributed by atoms with Gasteiger partial charge in [-0.25, -0.2) is 9.97 Å². The first kappa shape index (κ1) is 21.2. The fourth-order valence-electron chi connectivity index (χ4n) is 2.87. The van der Waals surface area contributed by atoms with E-state index in [4.69, 9.17) is 14.7 Å². The molecule has 0 amide bonds. The molecule has 0 aliphatic heterocycles. The summed E-state index contributed by atoms with van der Waals surface area (Å²) in [4.78, 5) is 11.8. The summed E-state index contributed by atoms with van der Waals surface area (Å²) >= 11 is 3.46. The zero-order valence-corrected chi connectivity index (χ0v) is 18.0. The SMILES string of the molecule is CCN(CC)c1nc(/C=C/c2ccc(Br)cc2)nc2c(OC)cccc12.Cl. The number of ether oxygens (including phenoxy) is 1. The Morgan fingerprint density at radius 1 is 1.00 bits per heavy atom. The number of hydrogen-bond donors (Lipinski definition) is 0. The number of nitrogens with zero attached hydrogens (tertiary/aromatic N) is 3. The van der Waals surface area contributed by atoms with Crippen molar-refractivity contribution in [1.82, 2.24) is 9.97 Å². The van der Waals surface area contributed by atoms with Gasteiger partial charge in [-0.15, -0.1) is 12.4 Å². The number of halogens is 2. The molecule has 0 bridgehead atoms. The van der Waals surface area contributed by atoms with Crippen LogP contribution < -0.4 is 9.64 Å². The average Bonchev–Trinajstić information content (AvgIpc) is 2.68. The van der Waals surface area contributed by atoms with E-state index in [2.05, 4.69) is 34.7 Å². The van der Waals surface area contributed by atoms with E-state index in [0.717, 1.165) is 45.6 Å². The highest BCUT2D eigenvalue weighted by Gasteiger charge is 2.14.